The van der Waals surface area contributed by atoms with Crippen molar-refractivity contribution in [1.82, 2.24) is 15.3 Å². The van der Waals surface area contributed by atoms with Crippen LogP contribution >= 0.6 is 0 Å². The van der Waals surface area contributed by atoms with Gasteiger partial charge in [-0.2, -0.15) is 0 Å². The SMILES string of the molecule is C=CCNC(=O)Cc1nc(-c2cccnc2)oc1C. The molecule has 0 fully saturated rings. The Balaban J connectivity index is 2.13. The van der Waals surface area contributed by atoms with Gasteiger partial charge in [0.2, 0.25) is 11.8 Å². The zero-order valence-electron chi connectivity index (χ0n) is 10.7. The van der Waals surface area contributed by atoms with Crippen LogP contribution in [0.5, 0.6) is 0 Å². The molecule has 0 bridgehead atoms. The van der Waals surface area contributed by atoms with Gasteiger partial charge in [-0.1, -0.05) is 6.08 Å². The Morgan fingerprint density at radius 2 is 2.42 bits per heavy atom. The molecule has 0 atom stereocenters. The number of amides is 1. The Morgan fingerprint density at radius 3 is 3.11 bits per heavy atom. The predicted molar refractivity (Wildman–Crippen MR) is 71.4 cm³/mol. The van der Waals surface area contributed by atoms with E-state index in [-0.39, 0.29) is 12.3 Å². The van der Waals surface area contributed by atoms with Gasteiger partial charge in [-0.15, -0.1) is 6.58 Å². The number of nitrogens with zero attached hydrogens (tertiary/aromatic N) is 2. The quantitative estimate of drug-likeness (QED) is 0.830. The number of hydrogen-bond donors (Lipinski definition) is 1. The highest BCUT2D eigenvalue weighted by Gasteiger charge is 2.14. The third kappa shape index (κ3) is 3.28. The number of pyridine rings is 1. The molecule has 0 aliphatic rings. The first-order chi connectivity index (χ1) is 9.20. The maximum absolute atomic E-state index is 11.6. The first-order valence-corrected chi connectivity index (χ1v) is 5.95. The van der Waals surface area contributed by atoms with E-state index in [2.05, 4.69) is 21.9 Å². The minimum atomic E-state index is -0.103. The average Bonchev–Trinajstić information content (AvgIpc) is 2.79. The third-order valence-electron chi connectivity index (χ3n) is 2.57. The molecular formula is C14H15N3O2. The number of oxazole rings is 1. The van der Waals surface area contributed by atoms with Crippen molar-refractivity contribution in [2.75, 3.05) is 6.54 Å². The van der Waals surface area contributed by atoms with E-state index in [4.69, 9.17) is 4.42 Å². The summed E-state index contributed by atoms with van der Waals surface area (Å²) in [6, 6.07) is 3.67. The minimum absolute atomic E-state index is 0.103. The zero-order valence-corrected chi connectivity index (χ0v) is 10.7. The van der Waals surface area contributed by atoms with Gasteiger partial charge in [0.25, 0.3) is 0 Å². The van der Waals surface area contributed by atoms with Crippen molar-refractivity contribution in [3.05, 3.63) is 48.6 Å². The molecule has 0 unspecified atom stereocenters. The van der Waals surface area contributed by atoms with Crippen molar-refractivity contribution in [3.63, 3.8) is 0 Å². The van der Waals surface area contributed by atoms with E-state index in [0.717, 1.165) is 5.56 Å². The lowest BCUT2D eigenvalue weighted by atomic mass is 10.2. The standard InChI is InChI=1S/C14H15N3O2/c1-3-6-16-13(18)8-12-10(2)19-14(17-12)11-5-4-7-15-9-11/h3-5,7,9H,1,6,8H2,2H3,(H,16,18). The molecule has 0 saturated heterocycles. The van der Waals surface area contributed by atoms with E-state index in [1.165, 1.54) is 0 Å². The molecule has 1 N–H and O–H groups in total. The van der Waals surface area contributed by atoms with E-state index < -0.39 is 0 Å². The maximum Gasteiger partial charge on any atom is 0.228 e. The summed E-state index contributed by atoms with van der Waals surface area (Å²) >= 11 is 0. The average molecular weight is 257 g/mol. The summed E-state index contributed by atoms with van der Waals surface area (Å²) in [4.78, 5) is 20.0. The normalized spacial score (nSPS) is 10.2. The van der Waals surface area contributed by atoms with Crippen LogP contribution in [-0.2, 0) is 11.2 Å². The van der Waals surface area contributed by atoms with Crippen LogP contribution in [0.15, 0.2) is 41.6 Å². The number of hydrogen-bond acceptors (Lipinski definition) is 4. The summed E-state index contributed by atoms with van der Waals surface area (Å²) in [5.74, 6) is 1.03. The van der Waals surface area contributed by atoms with Crippen LogP contribution in [0.2, 0.25) is 0 Å². The molecule has 5 nitrogen and oxygen atoms in total. The van der Waals surface area contributed by atoms with Gasteiger partial charge in [0, 0.05) is 18.9 Å². The molecule has 0 aromatic carbocycles. The lowest BCUT2D eigenvalue weighted by Gasteiger charge is -1.99. The highest BCUT2D eigenvalue weighted by atomic mass is 16.4. The van der Waals surface area contributed by atoms with Gasteiger partial charge in [0.1, 0.15) is 5.76 Å². The lowest BCUT2D eigenvalue weighted by Crippen LogP contribution is -2.25. The summed E-state index contributed by atoms with van der Waals surface area (Å²) in [7, 11) is 0. The van der Waals surface area contributed by atoms with E-state index in [9.17, 15) is 4.79 Å². The fourth-order valence-electron chi connectivity index (χ4n) is 1.61. The molecule has 2 aromatic heterocycles. The van der Waals surface area contributed by atoms with Crippen LogP contribution in [0.1, 0.15) is 11.5 Å². The van der Waals surface area contributed by atoms with Crippen LogP contribution in [0.3, 0.4) is 0 Å². The van der Waals surface area contributed by atoms with Gasteiger partial charge >= 0.3 is 0 Å². The third-order valence-corrected chi connectivity index (χ3v) is 2.57. The molecule has 0 spiro atoms. The fourth-order valence-corrected chi connectivity index (χ4v) is 1.61. The van der Waals surface area contributed by atoms with Gasteiger partial charge in [0.15, 0.2) is 0 Å². The summed E-state index contributed by atoms with van der Waals surface area (Å²) in [5, 5.41) is 2.71. The van der Waals surface area contributed by atoms with Crippen molar-refractivity contribution < 1.29 is 9.21 Å². The monoisotopic (exact) mass is 257 g/mol. The summed E-state index contributed by atoms with van der Waals surface area (Å²) in [5.41, 5.74) is 1.43. The second kappa shape index (κ2) is 5.95. The first-order valence-electron chi connectivity index (χ1n) is 5.95. The lowest BCUT2D eigenvalue weighted by molar-refractivity contribution is -0.120. The van der Waals surface area contributed by atoms with Crippen molar-refractivity contribution >= 4 is 5.91 Å². The number of carbonyl (C=O) groups excluding carboxylic acids is 1. The van der Waals surface area contributed by atoms with Gasteiger partial charge in [-0.25, -0.2) is 4.98 Å². The second-order valence-corrected chi connectivity index (χ2v) is 4.03. The Bertz CT molecular complexity index is 576. The number of rotatable bonds is 5. The molecular weight excluding hydrogens is 242 g/mol. The van der Waals surface area contributed by atoms with Gasteiger partial charge < -0.3 is 9.73 Å². The summed E-state index contributed by atoms with van der Waals surface area (Å²) in [6.45, 7) is 5.79. The van der Waals surface area contributed by atoms with Crippen molar-refractivity contribution in [3.8, 4) is 11.5 Å². The van der Waals surface area contributed by atoms with Crippen molar-refractivity contribution in [2.24, 2.45) is 0 Å². The van der Waals surface area contributed by atoms with Gasteiger partial charge in [-0.05, 0) is 19.1 Å². The number of aryl methyl sites for hydroxylation is 1. The molecule has 0 saturated carbocycles. The summed E-state index contributed by atoms with van der Waals surface area (Å²) in [6.07, 6.45) is 5.19. The van der Waals surface area contributed by atoms with Crippen LogP contribution in [0, 0.1) is 6.92 Å². The van der Waals surface area contributed by atoms with Crippen molar-refractivity contribution in [1.29, 1.82) is 0 Å². The predicted octanol–water partition coefficient (Wildman–Crippen LogP) is 1.89. The van der Waals surface area contributed by atoms with Crippen LogP contribution in [0.25, 0.3) is 11.5 Å². The minimum Gasteiger partial charge on any atom is -0.441 e. The molecule has 0 radical (unpaired) electrons. The molecule has 0 aliphatic carbocycles. The number of nitrogens with one attached hydrogen (secondary N) is 1. The maximum atomic E-state index is 11.6. The van der Waals surface area contributed by atoms with E-state index in [1.807, 2.05) is 12.1 Å². The van der Waals surface area contributed by atoms with Crippen LogP contribution in [-0.4, -0.2) is 22.4 Å². The fraction of sp³-hybridized carbons (Fsp3) is 0.214. The molecule has 1 amide bonds. The smallest absolute Gasteiger partial charge is 0.228 e. The molecule has 0 aliphatic heterocycles. The Kier molecular flexibility index (Phi) is 4.07. The topological polar surface area (TPSA) is 68.0 Å². The van der Waals surface area contributed by atoms with Crippen LogP contribution < -0.4 is 5.32 Å². The number of aromatic nitrogens is 2. The molecule has 2 rings (SSSR count). The highest BCUT2D eigenvalue weighted by Crippen LogP contribution is 2.20. The molecule has 5 heteroatoms. The highest BCUT2D eigenvalue weighted by molar-refractivity contribution is 5.78. The molecule has 2 aromatic rings. The molecule has 2 heterocycles. The van der Waals surface area contributed by atoms with Crippen LogP contribution in [0.4, 0.5) is 0 Å². The summed E-state index contributed by atoms with van der Waals surface area (Å²) < 4.78 is 5.55. The molecule has 98 valence electrons. The van der Waals surface area contributed by atoms with Gasteiger partial charge in [-0.3, -0.25) is 9.78 Å². The van der Waals surface area contributed by atoms with E-state index >= 15 is 0 Å². The zero-order chi connectivity index (χ0) is 13.7. The van der Waals surface area contributed by atoms with Gasteiger partial charge in [0.05, 0.1) is 17.7 Å². The Morgan fingerprint density at radius 1 is 1.58 bits per heavy atom. The largest absolute Gasteiger partial charge is 0.441 e. The van der Waals surface area contributed by atoms with Crippen molar-refractivity contribution in [2.45, 2.75) is 13.3 Å². The number of carbonyl (C=O) groups is 1. The second-order valence-electron chi connectivity index (χ2n) is 4.03. The van der Waals surface area contributed by atoms with E-state index in [0.29, 0.717) is 23.9 Å². The Labute approximate surface area is 111 Å². The Hall–Kier alpha value is -2.43. The molecule has 19 heavy (non-hydrogen) atoms. The van der Waals surface area contributed by atoms with E-state index in [1.54, 1.807) is 25.4 Å². The first kappa shape index (κ1) is 13.0.